The van der Waals surface area contributed by atoms with Crippen molar-refractivity contribution in [3.8, 4) is 11.3 Å². The minimum atomic E-state index is -3.66. The molecule has 0 amide bonds. The molecule has 0 bridgehead atoms. The molecule has 0 saturated carbocycles. The smallest absolute Gasteiger partial charge is 0.328 e. The van der Waals surface area contributed by atoms with Crippen molar-refractivity contribution in [1.82, 2.24) is 9.55 Å². The quantitative estimate of drug-likeness (QED) is 0.356. The van der Waals surface area contributed by atoms with Crippen LogP contribution in [0.5, 0.6) is 0 Å². The van der Waals surface area contributed by atoms with Crippen molar-refractivity contribution in [2.75, 3.05) is 26.5 Å². The van der Waals surface area contributed by atoms with Gasteiger partial charge in [0.1, 0.15) is 11.2 Å². The van der Waals surface area contributed by atoms with Crippen LogP contribution in [0, 0.1) is 0 Å². The highest BCUT2D eigenvalue weighted by Crippen LogP contribution is 2.69. The fourth-order valence-electron chi connectivity index (χ4n) is 3.57. The molecule has 0 spiro atoms. The first-order chi connectivity index (χ1) is 15.2. The van der Waals surface area contributed by atoms with Gasteiger partial charge in [0.05, 0.1) is 25.5 Å². The summed E-state index contributed by atoms with van der Waals surface area (Å²) >= 11 is 0. The maximum absolute atomic E-state index is 13.5. The number of hydrogen-bond donors (Lipinski definition) is 0. The van der Waals surface area contributed by atoms with Crippen LogP contribution in [-0.4, -0.2) is 41.4 Å². The second kappa shape index (κ2) is 12.1. The molecule has 10 heteroatoms. The van der Waals surface area contributed by atoms with E-state index in [4.69, 9.17) is 13.6 Å². The molecule has 0 aliphatic carbocycles. The Labute approximate surface area is 190 Å². The molecule has 2 aromatic rings. The van der Waals surface area contributed by atoms with E-state index in [0.29, 0.717) is 24.4 Å². The van der Waals surface area contributed by atoms with Gasteiger partial charge in [0.25, 0.3) is 5.56 Å². The van der Waals surface area contributed by atoms with Gasteiger partial charge in [0.15, 0.2) is 0 Å². The molecule has 0 aliphatic heterocycles. The molecule has 2 rings (SSSR count). The third-order valence-corrected chi connectivity index (χ3v) is 11.5. The Morgan fingerprint density at radius 3 is 2.16 bits per heavy atom. The SMILES string of the molecule is CCOP(C)(=O)C(CCCc1nc(-c2ccccc2)cc(=O)n1C)P(=O)(OCC)OCC. The highest BCUT2D eigenvalue weighted by molar-refractivity contribution is 7.74. The van der Waals surface area contributed by atoms with Crippen LogP contribution in [0.1, 0.15) is 39.4 Å². The van der Waals surface area contributed by atoms with Gasteiger partial charge in [-0.1, -0.05) is 30.3 Å². The van der Waals surface area contributed by atoms with Crippen molar-refractivity contribution in [3.63, 3.8) is 0 Å². The Morgan fingerprint density at radius 2 is 1.59 bits per heavy atom. The third kappa shape index (κ3) is 6.72. The number of aromatic nitrogens is 2. The van der Waals surface area contributed by atoms with Gasteiger partial charge in [0, 0.05) is 31.8 Å². The van der Waals surface area contributed by atoms with E-state index in [-0.39, 0.29) is 31.8 Å². The van der Waals surface area contributed by atoms with Crippen LogP contribution >= 0.6 is 15.0 Å². The zero-order chi connectivity index (χ0) is 23.8. The summed E-state index contributed by atoms with van der Waals surface area (Å²) in [6, 6.07) is 11.0. The van der Waals surface area contributed by atoms with Crippen LogP contribution in [0.2, 0.25) is 0 Å². The molecule has 1 aromatic carbocycles. The zero-order valence-corrected chi connectivity index (χ0v) is 21.3. The van der Waals surface area contributed by atoms with Gasteiger partial charge in [-0.3, -0.25) is 18.5 Å². The minimum absolute atomic E-state index is 0.157. The lowest BCUT2D eigenvalue weighted by molar-refractivity contribution is 0.213. The van der Waals surface area contributed by atoms with E-state index in [9.17, 15) is 13.9 Å². The zero-order valence-electron chi connectivity index (χ0n) is 19.5. The van der Waals surface area contributed by atoms with Gasteiger partial charge in [0.2, 0.25) is 7.37 Å². The molecule has 8 nitrogen and oxygen atoms in total. The number of rotatable bonds is 13. The minimum Gasteiger partial charge on any atom is -0.328 e. The van der Waals surface area contributed by atoms with Gasteiger partial charge < -0.3 is 13.6 Å². The molecule has 0 saturated heterocycles. The summed E-state index contributed by atoms with van der Waals surface area (Å²) in [5, 5.41) is -0.885. The summed E-state index contributed by atoms with van der Waals surface area (Å²) in [4.78, 5) is 17.1. The van der Waals surface area contributed by atoms with Crippen LogP contribution in [0.15, 0.2) is 41.2 Å². The Hall–Kier alpha value is -1.56. The first kappa shape index (κ1) is 26.7. The van der Waals surface area contributed by atoms with Crippen LogP contribution in [-0.2, 0) is 36.2 Å². The van der Waals surface area contributed by atoms with Crippen molar-refractivity contribution in [1.29, 1.82) is 0 Å². The van der Waals surface area contributed by atoms with E-state index < -0.39 is 20.4 Å². The molecule has 2 unspecified atom stereocenters. The fraction of sp³-hybridized carbons (Fsp3) is 0.545. The van der Waals surface area contributed by atoms with Gasteiger partial charge in [-0.15, -0.1) is 0 Å². The maximum atomic E-state index is 13.5. The van der Waals surface area contributed by atoms with Crippen LogP contribution < -0.4 is 5.56 Å². The average Bonchev–Trinajstić information content (AvgIpc) is 2.74. The van der Waals surface area contributed by atoms with Crippen molar-refractivity contribution >= 4 is 15.0 Å². The Morgan fingerprint density at radius 1 is 1.00 bits per heavy atom. The predicted molar refractivity (Wildman–Crippen MR) is 128 cm³/mol. The molecule has 1 heterocycles. The molecular weight excluding hydrogens is 450 g/mol. The second-order valence-corrected chi connectivity index (χ2v) is 12.7. The van der Waals surface area contributed by atoms with Crippen LogP contribution in [0.25, 0.3) is 11.3 Å². The highest BCUT2D eigenvalue weighted by Gasteiger charge is 2.46. The van der Waals surface area contributed by atoms with Crippen molar-refractivity contribution in [2.24, 2.45) is 7.05 Å². The Balaban J connectivity index is 2.29. The van der Waals surface area contributed by atoms with Crippen LogP contribution in [0.3, 0.4) is 0 Å². The molecule has 32 heavy (non-hydrogen) atoms. The second-order valence-electron chi connectivity index (χ2n) is 7.40. The fourth-order valence-corrected chi connectivity index (χ4v) is 9.20. The summed E-state index contributed by atoms with van der Waals surface area (Å²) in [5.41, 5.74) is 1.30. The molecule has 0 N–H and O–H groups in total. The number of hydrogen-bond acceptors (Lipinski definition) is 7. The van der Waals surface area contributed by atoms with Crippen LogP contribution in [0.4, 0.5) is 0 Å². The van der Waals surface area contributed by atoms with E-state index in [2.05, 4.69) is 4.98 Å². The number of nitrogens with zero attached hydrogens (tertiary/aromatic N) is 2. The topological polar surface area (TPSA) is 96.7 Å². The normalized spacial score (nSPS) is 14.8. The summed E-state index contributed by atoms with van der Waals surface area (Å²) < 4.78 is 44.8. The lowest BCUT2D eigenvalue weighted by Crippen LogP contribution is -2.22. The van der Waals surface area contributed by atoms with E-state index in [1.54, 1.807) is 27.8 Å². The number of aryl methyl sites for hydroxylation is 1. The van der Waals surface area contributed by atoms with E-state index in [1.807, 2.05) is 30.3 Å². The summed E-state index contributed by atoms with van der Waals surface area (Å²) in [6.07, 6.45) is 1.21. The van der Waals surface area contributed by atoms with E-state index >= 15 is 0 Å². The first-order valence-electron chi connectivity index (χ1n) is 10.9. The summed E-state index contributed by atoms with van der Waals surface area (Å²) in [6.45, 7) is 7.25. The largest absolute Gasteiger partial charge is 0.343 e. The standard InChI is InChI=1S/C22H34N2O6P2/c1-6-28-31(5,26)22(32(27,29-7-2)30-8-3)16-12-15-20-23-19(17-21(25)24(20)4)18-13-10-9-11-14-18/h9-11,13-14,17,22H,6-8,12,15-16H2,1-5H3. The summed E-state index contributed by atoms with van der Waals surface area (Å²) in [5.74, 6) is 0.597. The van der Waals surface area contributed by atoms with Crippen molar-refractivity contribution in [3.05, 3.63) is 52.6 Å². The first-order valence-corrected chi connectivity index (χ1v) is 14.7. The molecule has 1 aromatic heterocycles. The lowest BCUT2D eigenvalue weighted by atomic mass is 10.1. The van der Waals surface area contributed by atoms with Crippen molar-refractivity contribution in [2.45, 2.75) is 45.4 Å². The van der Waals surface area contributed by atoms with Gasteiger partial charge in [-0.05, 0) is 33.6 Å². The average molecular weight is 484 g/mol. The molecule has 178 valence electrons. The predicted octanol–water partition coefficient (Wildman–Crippen LogP) is 5.31. The van der Waals surface area contributed by atoms with E-state index in [1.165, 1.54) is 17.3 Å². The van der Waals surface area contributed by atoms with E-state index in [0.717, 1.165) is 5.56 Å². The lowest BCUT2D eigenvalue weighted by Gasteiger charge is -2.30. The van der Waals surface area contributed by atoms with Gasteiger partial charge >= 0.3 is 7.60 Å². The molecule has 2 atom stereocenters. The molecule has 0 radical (unpaired) electrons. The summed E-state index contributed by atoms with van der Waals surface area (Å²) in [7, 11) is -5.27. The Kier molecular flexibility index (Phi) is 10.1. The highest BCUT2D eigenvalue weighted by atomic mass is 31.2. The van der Waals surface area contributed by atoms with Crippen molar-refractivity contribution < 1.29 is 22.7 Å². The Bertz CT molecular complexity index is 1010. The molecular formula is C22H34N2O6P2. The van der Waals surface area contributed by atoms with Gasteiger partial charge in [-0.25, -0.2) is 4.98 Å². The molecule has 0 fully saturated rings. The molecule has 0 aliphatic rings. The number of benzene rings is 1. The van der Waals surface area contributed by atoms with Gasteiger partial charge in [-0.2, -0.15) is 0 Å². The monoisotopic (exact) mass is 484 g/mol. The third-order valence-electron chi connectivity index (χ3n) is 5.07. The maximum Gasteiger partial charge on any atom is 0.343 e.